The third-order valence-electron chi connectivity index (χ3n) is 2.12. The average molecular weight is 282 g/mol. The molecule has 0 atom stereocenters. The van der Waals surface area contributed by atoms with Gasteiger partial charge in [-0.15, -0.1) is 0 Å². The number of nitrogens with zero attached hydrogens (tertiary/aromatic N) is 2. The molecule has 1 heterocycles. The minimum Gasteiger partial charge on any atom is -0.339 e. The van der Waals surface area contributed by atoms with Crippen molar-refractivity contribution in [2.45, 2.75) is 12.8 Å². The van der Waals surface area contributed by atoms with E-state index in [0.717, 1.165) is 10.0 Å². The van der Waals surface area contributed by atoms with Crippen molar-refractivity contribution in [2.75, 3.05) is 6.54 Å². The zero-order valence-corrected chi connectivity index (χ0v) is 10.3. The maximum absolute atomic E-state index is 5.41. The summed E-state index contributed by atoms with van der Waals surface area (Å²) in [6, 6.07) is 8.03. The molecule has 2 rings (SSSR count). The Labute approximate surface area is 102 Å². The van der Waals surface area contributed by atoms with Crippen molar-refractivity contribution in [2.24, 2.45) is 5.73 Å². The number of hydrogen-bond acceptors (Lipinski definition) is 4. The number of benzene rings is 1. The molecule has 4 nitrogen and oxygen atoms in total. The van der Waals surface area contributed by atoms with Gasteiger partial charge in [-0.3, -0.25) is 0 Å². The van der Waals surface area contributed by atoms with Crippen LogP contribution in [0.3, 0.4) is 0 Å². The van der Waals surface area contributed by atoms with E-state index < -0.39 is 0 Å². The number of aromatic nitrogens is 2. The van der Waals surface area contributed by atoms with E-state index in [4.69, 9.17) is 10.3 Å². The molecule has 2 N–H and O–H groups in total. The number of hydrogen-bond donors (Lipinski definition) is 1. The quantitative estimate of drug-likeness (QED) is 0.930. The normalized spacial score (nSPS) is 10.6. The fourth-order valence-electron chi connectivity index (χ4n) is 1.41. The third-order valence-corrected chi connectivity index (χ3v) is 2.62. The van der Waals surface area contributed by atoms with Gasteiger partial charge in [-0.1, -0.05) is 33.2 Å². The van der Waals surface area contributed by atoms with Crippen LogP contribution in [-0.4, -0.2) is 16.7 Å². The van der Waals surface area contributed by atoms with Crippen molar-refractivity contribution in [3.63, 3.8) is 0 Å². The van der Waals surface area contributed by atoms with Gasteiger partial charge in [-0.05, 0) is 24.2 Å². The molecule has 0 spiro atoms. The van der Waals surface area contributed by atoms with E-state index >= 15 is 0 Å². The largest absolute Gasteiger partial charge is 0.339 e. The molecule has 84 valence electrons. The van der Waals surface area contributed by atoms with Gasteiger partial charge < -0.3 is 10.3 Å². The monoisotopic (exact) mass is 281 g/mol. The Morgan fingerprint density at radius 3 is 3.00 bits per heavy atom. The maximum Gasteiger partial charge on any atom is 0.231 e. The topological polar surface area (TPSA) is 64.9 Å². The number of rotatable bonds is 4. The SMILES string of the molecule is NCCc1noc(Cc2cccc(Br)c2)n1. The first-order valence-corrected chi connectivity index (χ1v) is 5.83. The second-order valence-electron chi connectivity index (χ2n) is 3.45. The Bertz CT molecular complexity index is 470. The van der Waals surface area contributed by atoms with Crippen molar-refractivity contribution in [1.82, 2.24) is 10.1 Å². The van der Waals surface area contributed by atoms with E-state index in [1.807, 2.05) is 24.3 Å². The van der Waals surface area contributed by atoms with Crippen LogP contribution in [0.25, 0.3) is 0 Å². The van der Waals surface area contributed by atoms with Gasteiger partial charge in [0.15, 0.2) is 5.82 Å². The molecule has 0 saturated carbocycles. The van der Waals surface area contributed by atoms with Crippen molar-refractivity contribution >= 4 is 15.9 Å². The second-order valence-corrected chi connectivity index (χ2v) is 4.37. The molecule has 1 aromatic heterocycles. The zero-order chi connectivity index (χ0) is 11.4. The summed E-state index contributed by atoms with van der Waals surface area (Å²) < 4.78 is 6.18. The lowest BCUT2D eigenvalue weighted by molar-refractivity contribution is 0.379. The lowest BCUT2D eigenvalue weighted by Gasteiger charge is -1.96. The molecule has 0 fully saturated rings. The Morgan fingerprint density at radius 2 is 2.25 bits per heavy atom. The van der Waals surface area contributed by atoms with Crippen LogP contribution in [0.1, 0.15) is 17.3 Å². The van der Waals surface area contributed by atoms with Gasteiger partial charge in [0.1, 0.15) is 0 Å². The lowest BCUT2D eigenvalue weighted by atomic mass is 10.1. The fourth-order valence-corrected chi connectivity index (χ4v) is 1.86. The van der Waals surface area contributed by atoms with Gasteiger partial charge in [0.25, 0.3) is 0 Å². The zero-order valence-electron chi connectivity index (χ0n) is 8.69. The van der Waals surface area contributed by atoms with Crippen LogP contribution in [0.4, 0.5) is 0 Å². The summed E-state index contributed by atoms with van der Waals surface area (Å²) in [5.41, 5.74) is 6.55. The van der Waals surface area contributed by atoms with Crippen LogP contribution in [0.15, 0.2) is 33.3 Å². The maximum atomic E-state index is 5.41. The predicted molar refractivity (Wildman–Crippen MR) is 64.0 cm³/mol. The van der Waals surface area contributed by atoms with Gasteiger partial charge >= 0.3 is 0 Å². The standard InChI is InChI=1S/C11H12BrN3O/c12-9-3-1-2-8(6-9)7-11-14-10(4-5-13)15-16-11/h1-3,6H,4-5,7,13H2. The summed E-state index contributed by atoms with van der Waals surface area (Å²) in [6.07, 6.45) is 1.30. The van der Waals surface area contributed by atoms with Crippen LogP contribution < -0.4 is 5.73 Å². The van der Waals surface area contributed by atoms with Gasteiger partial charge in [0.2, 0.25) is 5.89 Å². The Balaban J connectivity index is 2.08. The molecule has 0 saturated heterocycles. The van der Waals surface area contributed by atoms with E-state index in [1.54, 1.807) is 0 Å². The molecule has 2 aromatic rings. The third kappa shape index (κ3) is 2.90. The molecule has 0 radical (unpaired) electrons. The molecule has 0 bridgehead atoms. The summed E-state index contributed by atoms with van der Waals surface area (Å²) in [7, 11) is 0. The molecule has 5 heteroatoms. The van der Waals surface area contributed by atoms with E-state index in [2.05, 4.69) is 26.1 Å². The minimum atomic E-state index is 0.538. The van der Waals surface area contributed by atoms with E-state index in [9.17, 15) is 0 Å². The molecule has 1 aromatic carbocycles. The minimum absolute atomic E-state index is 0.538. The van der Waals surface area contributed by atoms with Gasteiger partial charge in [0.05, 0.1) is 6.42 Å². The molecule has 16 heavy (non-hydrogen) atoms. The summed E-state index contributed by atoms with van der Waals surface area (Å²) in [6.45, 7) is 0.538. The fraction of sp³-hybridized carbons (Fsp3) is 0.273. The van der Waals surface area contributed by atoms with Crippen molar-refractivity contribution < 1.29 is 4.52 Å². The lowest BCUT2D eigenvalue weighted by Crippen LogP contribution is -2.04. The van der Waals surface area contributed by atoms with Gasteiger partial charge in [-0.25, -0.2) is 0 Å². The van der Waals surface area contributed by atoms with E-state index in [-0.39, 0.29) is 0 Å². The highest BCUT2D eigenvalue weighted by atomic mass is 79.9. The first kappa shape index (κ1) is 11.3. The van der Waals surface area contributed by atoms with Crippen LogP contribution in [0, 0.1) is 0 Å². The molecule has 0 aliphatic rings. The second kappa shape index (κ2) is 5.23. The molecule has 0 unspecified atom stereocenters. The Hall–Kier alpha value is -1.20. The van der Waals surface area contributed by atoms with Crippen LogP contribution in [0.5, 0.6) is 0 Å². The van der Waals surface area contributed by atoms with Gasteiger partial charge in [0, 0.05) is 10.9 Å². The highest BCUT2D eigenvalue weighted by Gasteiger charge is 2.06. The average Bonchev–Trinajstić information content (AvgIpc) is 2.66. The van der Waals surface area contributed by atoms with Crippen molar-refractivity contribution in [3.8, 4) is 0 Å². The van der Waals surface area contributed by atoms with Crippen LogP contribution >= 0.6 is 15.9 Å². The van der Waals surface area contributed by atoms with Crippen LogP contribution in [-0.2, 0) is 12.8 Å². The molecule has 0 amide bonds. The number of nitrogens with two attached hydrogens (primary N) is 1. The summed E-state index contributed by atoms with van der Waals surface area (Å²) >= 11 is 3.42. The highest BCUT2D eigenvalue weighted by Crippen LogP contribution is 2.14. The first-order chi connectivity index (χ1) is 7.78. The predicted octanol–water partition coefficient (Wildman–Crippen LogP) is 1.92. The molecular weight excluding hydrogens is 270 g/mol. The van der Waals surface area contributed by atoms with E-state index in [1.165, 1.54) is 0 Å². The summed E-state index contributed by atoms with van der Waals surface area (Å²) in [4.78, 5) is 4.25. The summed E-state index contributed by atoms with van der Waals surface area (Å²) in [5, 5.41) is 3.85. The molecule has 0 aliphatic heterocycles. The molecule has 0 aliphatic carbocycles. The van der Waals surface area contributed by atoms with Crippen molar-refractivity contribution in [1.29, 1.82) is 0 Å². The molecular formula is C11H12BrN3O. The van der Waals surface area contributed by atoms with E-state index in [0.29, 0.717) is 31.1 Å². The van der Waals surface area contributed by atoms with Gasteiger partial charge in [-0.2, -0.15) is 4.98 Å². The smallest absolute Gasteiger partial charge is 0.231 e. The first-order valence-electron chi connectivity index (χ1n) is 5.04. The van der Waals surface area contributed by atoms with Crippen molar-refractivity contribution in [3.05, 3.63) is 46.0 Å². The Morgan fingerprint density at radius 1 is 1.38 bits per heavy atom. The van der Waals surface area contributed by atoms with Crippen LogP contribution in [0.2, 0.25) is 0 Å². The highest BCUT2D eigenvalue weighted by molar-refractivity contribution is 9.10. The summed E-state index contributed by atoms with van der Waals surface area (Å²) in [5.74, 6) is 1.30. The number of halogens is 1. The Kier molecular flexibility index (Phi) is 3.69.